The number of carbonyl (C=O) groups is 1. The number of halogens is 1. The van der Waals surface area contributed by atoms with Gasteiger partial charge in [0.2, 0.25) is 0 Å². The standard InChI is InChI=1S/C24H28ClN3O/c1-2-28(24(29)23-14-20-9-3-4-11-22(20)26-23)17-19-8-6-12-27(16-19)15-18-7-5-10-21(25)13-18/h3-5,7,9-11,13-14,19,26H,2,6,8,12,15-17H2,1H3. The molecule has 1 aromatic heterocycles. The van der Waals surface area contributed by atoms with Gasteiger partial charge in [-0.15, -0.1) is 0 Å². The Hall–Kier alpha value is -2.30. The van der Waals surface area contributed by atoms with E-state index in [1.165, 1.54) is 18.4 Å². The number of piperidine rings is 1. The lowest BCUT2D eigenvalue weighted by Gasteiger charge is -2.35. The molecule has 4 nitrogen and oxygen atoms in total. The molecule has 152 valence electrons. The minimum Gasteiger partial charge on any atom is -0.351 e. The molecule has 2 aromatic carbocycles. The maximum atomic E-state index is 13.1. The molecule has 1 unspecified atom stereocenters. The van der Waals surface area contributed by atoms with Gasteiger partial charge in [0.05, 0.1) is 0 Å². The minimum absolute atomic E-state index is 0.0932. The molecular weight excluding hydrogens is 382 g/mol. The summed E-state index contributed by atoms with van der Waals surface area (Å²) >= 11 is 6.14. The normalized spacial score (nSPS) is 17.5. The first-order chi connectivity index (χ1) is 14.1. The second-order valence-corrected chi connectivity index (χ2v) is 8.42. The summed E-state index contributed by atoms with van der Waals surface area (Å²) in [6.07, 6.45) is 2.34. The van der Waals surface area contributed by atoms with Crippen molar-refractivity contribution in [2.24, 2.45) is 5.92 Å². The molecule has 3 aromatic rings. The van der Waals surface area contributed by atoms with Crippen molar-refractivity contribution in [3.8, 4) is 0 Å². The van der Waals surface area contributed by atoms with Crippen molar-refractivity contribution in [1.29, 1.82) is 0 Å². The van der Waals surface area contributed by atoms with Crippen LogP contribution in [0.3, 0.4) is 0 Å². The predicted octanol–water partition coefficient (Wildman–Crippen LogP) is 5.20. The van der Waals surface area contributed by atoms with Crippen LogP contribution in [-0.4, -0.2) is 46.9 Å². The van der Waals surface area contributed by atoms with Gasteiger partial charge in [-0.05, 0) is 62.1 Å². The summed E-state index contributed by atoms with van der Waals surface area (Å²) in [5.74, 6) is 0.590. The summed E-state index contributed by atoms with van der Waals surface area (Å²) in [5.41, 5.74) is 2.94. The quantitative estimate of drug-likeness (QED) is 0.608. The average molecular weight is 410 g/mol. The molecule has 0 spiro atoms. The van der Waals surface area contributed by atoms with Gasteiger partial charge in [0.15, 0.2) is 0 Å². The van der Waals surface area contributed by atoms with Gasteiger partial charge in [-0.3, -0.25) is 9.69 Å². The zero-order chi connectivity index (χ0) is 20.2. The van der Waals surface area contributed by atoms with Crippen LogP contribution in [0, 0.1) is 5.92 Å². The Balaban J connectivity index is 1.40. The second-order valence-electron chi connectivity index (χ2n) is 7.99. The van der Waals surface area contributed by atoms with Crippen molar-refractivity contribution in [2.75, 3.05) is 26.2 Å². The van der Waals surface area contributed by atoms with Crippen LogP contribution in [0.25, 0.3) is 10.9 Å². The van der Waals surface area contributed by atoms with E-state index in [2.05, 4.69) is 22.9 Å². The summed E-state index contributed by atoms with van der Waals surface area (Å²) in [6, 6.07) is 18.1. The van der Waals surface area contributed by atoms with E-state index in [4.69, 9.17) is 11.6 Å². The number of hydrogen-bond donors (Lipinski definition) is 1. The highest BCUT2D eigenvalue weighted by Crippen LogP contribution is 2.22. The molecular formula is C24H28ClN3O. The zero-order valence-electron chi connectivity index (χ0n) is 16.9. The van der Waals surface area contributed by atoms with Gasteiger partial charge in [0, 0.05) is 42.1 Å². The Bertz CT molecular complexity index is 950. The number of likely N-dealkylation sites (tertiary alicyclic amines) is 1. The number of hydrogen-bond acceptors (Lipinski definition) is 2. The lowest BCUT2D eigenvalue weighted by atomic mass is 9.96. The maximum Gasteiger partial charge on any atom is 0.270 e. The largest absolute Gasteiger partial charge is 0.351 e. The van der Waals surface area contributed by atoms with Gasteiger partial charge in [-0.2, -0.15) is 0 Å². The first-order valence-electron chi connectivity index (χ1n) is 10.5. The van der Waals surface area contributed by atoms with E-state index in [0.29, 0.717) is 11.6 Å². The SMILES string of the molecule is CCN(CC1CCCN(Cc2cccc(Cl)c2)C1)C(=O)c1cc2ccccc2[nH]1. The van der Waals surface area contributed by atoms with E-state index in [9.17, 15) is 4.79 Å². The molecule has 0 aliphatic carbocycles. The van der Waals surface area contributed by atoms with E-state index in [1.807, 2.05) is 53.4 Å². The number of carbonyl (C=O) groups excluding carboxylic acids is 1. The van der Waals surface area contributed by atoms with Crippen molar-refractivity contribution < 1.29 is 4.79 Å². The molecule has 0 bridgehead atoms. The molecule has 1 saturated heterocycles. The van der Waals surface area contributed by atoms with Crippen molar-refractivity contribution in [3.05, 3.63) is 70.9 Å². The average Bonchev–Trinajstić information content (AvgIpc) is 3.16. The van der Waals surface area contributed by atoms with Gasteiger partial charge in [0.25, 0.3) is 5.91 Å². The molecule has 1 aliphatic heterocycles. The van der Waals surface area contributed by atoms with E-state index < -0.39 is 0 Å². The number of aromatic nitrogens is 1. The minimum atomic E-state index is 0.0932. The zero-order valence-corrected chi connectivity index (χ0v) is 17.7. The summed E-state index contributed by atoms with van der Waals surface area (Å²) in [7, 11) is 0. The number of amides is 1. The second kappa shape index (κ2) is 9.02. The van der Waals surface area contributed by atoms with Gasteiger partial charge >= 0.3 is 0 Å². The smallest absolute Gasteiger partial charge is 0.270 e. The van der Waals surface area contributed by atoms with Crippen LogP contribution in [0.2, 0.25) is 5.02 Å². The number of H-pyrrole nitrogens is 1. The molecule has 1 N–H and O–H groups in total. The monoisotopic (exact) mass is 409 g/mol. The number of aromatic amines is 1. The van der Waals surface area contributed by atoms with Gasteiger partial charge < -0.3 is 9.88 Å². The highest BCUT2D eigenvalue weighted by molar-refractivity contribution is 6.30. The van der Waals surface area contributed by atoms with Crippen LogP contribution in [0.5, 0.6) is 0 Å². The van der Waals surface area contributed by atoms with Gasteiger partial charge in [0.1, 0.15) is 5.69 Å². The summed E-state index contributed by atoms with van der Waals surface area (Å²) in [4.78, 5) is 20.8. The predicted molar refractivity (Wildman–Crippen MR) is 119 cm³/mol. The fourth-order valence-electron chi connectivity index (χ4n) is 4.36. The fourth-order valence-corrected chi connectivity index (χ4v) is 4.58. The van der Waals surface area contributed by atoms with Crippen molar-refractivity contribution in [3.63, 3.8) is 0 Å². The number of benzene rings is 2. The van der Waals surface area contributed by atoms with Crippen LogP contribution in [0.4, 0.5) is 0 Å². The highest BCUT2D eigenvalue weighted by atomic mass is 35.5. The molecule has 2 heterocycles. The summed E-state index contributed by atoms with van der Waals surface area (Å²) in [6.45, 7) is 6.62. The molecule has 4 rings (SSSR count). The Kier molecular flexibility index (Phi) is 6.22. The van der Waals surface area contributed by atoms with Crippen molar-refractivity contribution >= 4 is 28.4 Å². The first kappa shape index (κ1) is 20.0. The maximum absolute atomic E-state index is 13.1. The molecule has 1 atom stereocenters. The fraction of sp³-hybridized carbons (Fsp3) is 0.375. The van der Waals surface area contributed by atoms with E-state index in [0.717, 1.165) is 48.6 Å². The Morgan fingerprint density at radius 1 is 1.21 bits per heavy atom. The van der Waals surface area contributed by atoms with Crippen LogP contribution >= 0.6 is 11.6 Å². The van der Waals surface area contributed by atoms with E-state index in [-0.39, 0.29) is 5.91 Å². The third-order valence-electron chi connectivity index (χ3n) is 5.81. The van der Waals surface area contributed by atoms with E-state index in [1.54, 1.807) is 0 Å². The third-order valence-corrected chi connectivity index (χ3v) is 6.04. The number of nitrogens with zero attached hydrogens (tertiary/aromatic N) is 2. The van der Waals surface area contributed by atoms with Crippen molar-refractivity contribution in [1.82, 2.24) is 14.8 Å². The topological polar surface area (TPSA) is 39.3 Å². The Morgan fingerprint density at radius 3 is 2.86 bits per heavy atom. The molecule has 0 radical (unpaired) electrons. The lowest BCUT2D eigenvalue weighted by Crippen LogP contribution is -2.42. The first-order valence-corrected chi connectivity index (χ1v) is 10.8. The number of para-hydroxylation sites is 1. The van der Waals surface area contributed by atoms with Crippen LogP contribution < -0.4 is 0 Å². The number of fused-ring (bicyclic) bond motifs is 1. The molecule has 1 aliphatic rings. The molecule has 0 saturated carbocycles. The molecule has 1 fully saturated rings. The highest BCUT2D eigenvalue weighted by Gasteiger charge is 2.25. The molecule has 5 heteroatoms. The molecule has 1 amide bonds. The third kappa shape index (κ3) is 4.82. The van der Waals surface area contributed by atoms with Crippen LogP contribution in [0.15, 0.2) is 54.6 Å². The Morgan fingerprint density at radius 2 is 2.07 bits per heavy atom. The lowest BCUT2D eigenvalue weighted by molar-refractivity contribution is 0.0680. The Labute approximate surface area is 177 Å². The van der Waals surface area contributed by atoms with Gasteiger partial charge in [-0.1, -0.05) is 41.9 Å². The summed E-state index contributed by atoms with van der Waals surface area (Å²) < 4.78 is 0. The van der Waals surface area contributed by atoms with Crippen molar-refractivity contribution in [2.45, 2.75) is 26.3 Å². The summed E-state index contributed by atoms with van der Waals surface area (Å²) in [5, 5.41) is 1.87. The number of rotatable bonds is 6. The van der Waals surface area contributed by atoms with Crippen LogP contribution in [0.1, 0.15) is 35.8 Å². The van der Waals surface area contributed by atoms with Gasteiger partial charge in [-0.25, -0.2) is 0 Å². The molecule has 29 heavy (non-hydrogen) atoms. The van der Waals surface area contributed by atoms with E-state index >= 15 is 0 Å². The van der Waals surface area contributed by atoms with Crippen LogP contribution in [-0.2, 0) is 6.54 Å². The number of nitrogens with one attached hydrogen (secondary N) is 1.